The summed E-state index contributed by atoms with van der Waals surface area (Å²) in [4.78, 5) is 100. The van der Waals surface area contributed by atoms with E-state index in [4.69, 9.17) is 18.9 Å². The third kappa shape index (κ3) is 23.9. The van der Waals surface area contributed by atoms with Gasteiger partial charge >= 0.3 is 5.97 Å². The van der Waals surface area contributed by atoms with Gasteiger partial charge in [0, 0.05) is 88.2 Å². The van der Waals surface area contributed by atoms with Gasteiger partial charge < -0.3 is 81.3 Å². The number of thioether (sulfide) groups is 2. The number of ether oxygens (including phenoxy) is 4. The number of aldehydes is 1. The van der Waals surface area contributed by atoms with Gasteiger partial charge in [-0.3, -0.25) is 33.6 Å². The molecule has 0 spiro atoms. The van der Waals surface area contributed by atoms with Crippen LogP contribution in [0.1, 0.15) is 112 Å². The molecule has 5 amide bonds. The summed E-state index contributed by atoms with van der Waals surface area (Å²) in [6, 6.07) is 30.1. The lowest BCUT2D eigenvalue weighted by Crippen LogP contribution is -2.68. The number of aliphatic hydroxyl groups is 6. The molecule has 0 radical (unpaired) electrons. The Morgan fingerprint density at radius 2 is 1.00 bits per heavy atom. The molecular weight excluding hydrogens is 1240 g/mol. The van der Waals surface area contributed by atoms with Crippen molar-refractivity contribution in [2.24, 2.45) is 0 Å². The number of rotatable bonds is 40. The third-order valence-electron chi connectivity index (χ3n) is 15.8. The smallest absolute Gasteiger partial charge is 0.364 e. The van der Waals surface area contributed by atoms with Gasteiger partial charge in [0.05, 0.1) is 49.7 Å². The first kappa shape index (κ1) is 75.4. The van der Waals surface area contributed by atoms with Crippen LogP contribution in [0.2, 0.25) is 0 Å². The van der Waals surface area contributed by atoms with E-state index in [9.17, 15) is 74.1 Å². The maximum absolute atomic E-state index is 13.0. The lowest BCUT2D eigenvalue weighted by atomic mass is 9.88. The fourth-order valence-electron chi connectivity index (χ4n) is 10.8. The highest BCUT2D eigenvalue weighted by atomic mass is 32.2. The summed E-state index contributed by atoms with van der Waals surface area (Å²) in [6.07, 6.45) is -7.86. The molecule has 2 fully saturated rings. The van der Waals surface area contributed by atoms with E-state index in [2.05, 4.69) is 26.6 Å². The van der Waals surface area contributed by atoms with Crippen molar-refractivity contribution in [3.8, 4) is 22.3 Å². The number of hydrogen-bond acceptors (Lipinski definition) is 20. The lowest BCUT2D eigenvalue weighted by Gasteiger charge is -2.46. The minimum atomic E-state index is -2.46. The fourth-order valence-corrected chi connectivity index (χ4v) is 12.5. The first-order chi connectivity index (χ1) is 44.6. The molecule has 12 atom stereocenters. The van der Waals surface area contributed by atoms with E-state index >= 15 is 0 Å². The summed E-state index contributed by atoms with van der Waals surface area (Å²) in [6.45, 7) is 1.82. The number of aliphatic hydroxyl groups excluding tert-OH is 6. The van der Waals surface area contributed by atoms with Gasteiger partial charge in [-0.1, -0.05) is 104 Å². The molecule has 2 heterocycles. The van der Waals surface area contributed by atoms with Crippen LogP contribution in [0, 0.1) is 0 Å². The van der Waals surface area contributed by atoms with E-state index in [0.29, 0.717) is 67.1 Å². The maximum Gasteiger partial charge on any atom is 0.364 e. The highest BCUT2D eigenvalue weighted by Gasteiger charge is 2.56. The molecule has 4 aromatic carbocycles. The Bertz CT molecular complexity index is 3010. The Hall–Kier alpha value is -6.66. The molecule has 4 aromatic rings. The van der Waals surface area contributed by atoms with Gasteiger partial charge in [0.1, 0.15) is 30.2 Å². The van der Waals surface area contributed by atoms with Gasteiger partial charge in [0.25, 0.3) is 17.6 Å². The molecule has 0 aromatic heterocycles. The summed E-state index contributed by atoms with van der Waals surface area (Å²) in [5.74, 6) is -6.16. The number of hydrogen-bond donors (Lipinski definition) is 12. The van der Waals surface area contributed by atoms with Crippen molar-refractivity contribution in [2.45, 2.75) is 163 Å². The SMILES string of the molecule is CC(=O)N[C@@H]1[C@H]([C@H](O)[C@@H](O)CNC(=O)c2ccc(-c3ccccc3)cc2)O[C@@](OCCCSCCC(=O)NCCCCCCCC(=O)CCSCCCO[C@]2(C=O)C[C@H](O)[C@@H](NC(C)=O)[C@H]([C@H](O)[C@H](O)CNC(=O)c3ccc(-c4ccccc4)cc3)O2)(C(=O)O)C[C@H]1O. The monoisotopic (exact) mass is 1330 g/mol. The number of carboxylic acids is 1. The molecular formula is C67H89N5O19S2. The van der Waals surface area contributed by atoms with Gasteiger partial charge in [-0.05, 0) is 83.7 Å². The number of Topliss-reactive ketones (excluding diaryl/α,β-unsaturated/α-hetero) is 1. The van der Waals surface area contributed by atoms with Crippen molar-refractivity contribution in [2.75, 3.05) is 55.9 Å². The zero-order chi connectivity index (χ0) is 67.3. The molecule has 12 N–H and O–H groups in total. The Morgan fingerprint density at radius 3 is 1.49 bits per heavy atom. The van der Waals surface area contributed by atoms with E-state index in [1.807, 2.05) is 60.7 Å². The molecule has 0 bridgehead atoms. The molecule has 0 unspecified atom stereocenters. The second-order valence-corrected chi connectivity index (χ2v) is 25.6. The number of carboxylic acid groups (broad SMARTS) is 1. The number of amides is 5. The molecule has 508 valence electrons. The largest absolute Gasteiger partial charge is 0.477 e. The van der Waals surface area contributed by atoms with Crippen LogP contribution in [0.15, 0.2) is 109 Å². The zero-order valence-electron chi connectivity index (χ0n) is 52.4. The predicted molar refractivity (Wildman–Crippen MR) is 349 cm³/mol. The van der Waals surface area contributed by atoms with Crippen LogP contribution in [0.4, 0.5) is 0 Å². The number of benzene rings is 4. The van der Waals surface area contributed by atoms with Gasteiger partial charge in [-0.25, -0.2) is 4.79 Å². The van der Waals surface area contributed by atoms with Crippen molar-refractivity contribution in [3.05, 3.63) is 120 Å². The van der Waals surface area contributed by atoms with Crippen LogP contribution in [-0.4, -0.2) is 212 Å². The second kappa shape index (κ2) is 38.6. The first-order valence-electron chi connectivity index (χ1n) is 31.4. The first-order valence-corrected chi connectivity index (χ1v) is 33.7. The molecule has 2 aliphatic heterocycles. The summed E-state index contributed by atoms with van der Waals surface area (Å²) >= 11 is 2.99. The Kier molecular flexibility index (Phi) is 31.3. The summed E-state index contributed by atoms with van der Waals surface area (Å²) in [7, 11) is 0. The normalized spacial score (nSPS) is 22.5. The van der Waals surface area contributed by atoms with Crippen LogP contribution in [-0.2, 0) is 47.7 Å². The highest BCUT2D eigenvalue weighted by molar-refractivity contribution is 7.99. The topological polar surface area (TPSA) is 375 Å². The maximum atomic E-state index is 13.0. The van der Waals surface area contributed by atoms with Crippen LogP contribution in [0.3, 0.4) is 0 Å². The average molecular weight is 1330 g/mol. The highest BCUT2D eigenvalue weighted by Crippen LogP contribution is 2.35. The van der Waals surface area contributed by atoms with Gasteiger partial charge in [-0.2, -0.15) is 23.5 Å². The molecule has 6 rings (SSSR count). The van der Waals surface area contributed by atoms with E-state index in [1.54, 1.807) is 48.5 Å². The van der Waals surface area contributed by atoms with Crippen molar-refractivity contribution < 1.29 is 93.0 Å². The quantitative estimate of drug-likeness (QED) is 0.0223. The molecule has 0 aliphatic carbocycles. The number of carbonyl (C=O) groups is 8. The van der Waals surface area contributed by atoms with Crippen LogP contribution >= 0.6 is 23.5 Å². The Morgan fingerprint density at radius 1 is 0.548 bits per heavy atom. The Labute approximate surface area is 550 Å². The van der Waals surface area contributed by atoms with Crippen molar-refractivity contribution in [1.29, 1.82) is 0 Å². The molecule has 26 heteroatoms. The van der Waals surface area contributed by atoms with Crippen LogP contribution < -0.4 is 26.6 Å². The molecule has 24 nitrogen and oxygen atoms in total. The van der Waals surface area contributed by atoms with Gasteiger partial charge in [-0.15, -0.1) is 0 Å². The van der Waals surface area contributed by atoms with Crippen molar-refractivity contribution in [1.82, 2.24) is 26.6 Å². The summed E-state index contributed by atoms with van der Waals surface area (Å²) < 4.78 is 23.4. The Balaban J connectivity index is 0.784. The standard InChI is InChI=1S/C67H89N5O19S2/c1-43(74)71-57-52(77)38-66(42-73,90-61(57)59(82)54(79)40-69-63(84)49-25-21-47(22-26-49)45-16-8-6-9-17-45)88-32-14-34-92-36-29-51(76)20-12-4-3-5-13-31-68-56(81)30-37-93-35-15-33-89-67(65(86)87)39-53(78)58(72-44(2)75)62(91-67)60(83)55(80)41-70-64(85)50-27-23-48(24-28-50)46-18-10-7-11-19-46/h6-11,16-19,21-28,42,52-55,57-62,77-80,82-83H,3-5,12-15,20,29-41H2,1-2H3,(H,68,81)(H,69,84)(H,70,85)(H,71,74)(H,72,75)(H,86,87)/t52-,53+,54+,55-,57+,58-,59+,60+,61+,62+,66+,67+/m0/s1. The average Bonchev–Trinajstić information content (AvgIpc) is 0.807. The lowest BCUT2D eigenvalue weighted by molar-refractivity contribution is -0.310. The minimum Gasteiger partial charge on any atom is -0.477 e. The zero-order valence-corrected chi connectivity index (χ0v) is 54.1. The van der Waals surface area contributed by atoms with Gasteiger partial charge in [0.2, 0.25) is 23.5 Å². The molecule has 0 saturated carbocycles. The van der Waals surface area contributed by atoms with E-state index in [1.165, 1.54) is 30.4 Å². The number of aliphatic carboxylic acids is 1. The molecule has 2 saturated heterocycles. The summed E-state index contributed by atoms with van der Waals surface area (Å²) in [5.41, 5.74) is 4.30. The third-order valence-corrected chi connectivity index (χ3v) is 18.0. The number of nitrogens with one attached hydrogen (secondary N) is 5. The minimum absolute atomic E-state index is 0.0174. The van der Waals surface area contributed by atoms with Crippen LogP contribution in [0.25, 0.3) is 22.3 Å². The molecule has 93 heavy (non-hydrogen) atoms. The van der Waals surface area contributed by atoms with E-state index < -0.39 is 122 Å². The number of carbonyl (C=O) groups excluding carboxylic acids is 7. The number of ketones is 1. The van der Waals surface area contributed by atoms with Crippen molar-refractivity contribution >= 4 is 71.1 Å². The van der Waals surface area contributed by atoms with Gasteiger partial charge in [0.15, 0.2) is 6.29 Å². The van der Waals surface area contributed by atoms with Crippen molar-refractivity contribution in [3.63, 3.8) is 0 Å². The summed E-state index contributed by atoms with van der Waals surface area (Å²) in [5, 5.41) is 90.1. The second-order valence-electron chi connectivity index (χ2n) is 23.1. The van der Waals surface area contributed by atoms with E-state index in [-0.39, 0.29) is 43.3 Å². The predicted octanol–water partition coefficient (Wildman–Crippen LogP) is 3.70. The van der Waals surface area contributed by atoms with E-state index in [0.717, 1.165) is 61.3 Å². The number of unbranched alkanes of at least 4 members (excludes halogenated alkanes) is 4. The fraction of sp³-hybridized carbons (Fsp3) is 0.522. The molecule has 2 aliphatic rings. The van der Waals surface area contributed by atoms with Crippen LogP contribution in [0.5, 0.6) is 0 Å².